The predicted molar refractivity (Wildman–Crippen MR) is 103 cm³/mol. The van der Waals surface area contributed by atoms with E-state index in [4.69, 9.17) is 21.1 Å². The number of hydrogen-bond acceptors (Lipinski definition) is 4. The number of carbonyl (C=O) groups is 2. The molecule has 0 heterocycles. The van der Waals surface area contributed by atoms with Crippen LogP contribution in [0.2, 0.25) is 5.02 Å². The van der Waals surface area contributed by atoms with Gasteiger partial charge in [-0.05, 0) is 48.5 Å². The van der Waals surface area contributed by atoms with Gasteiger partial charge in [0.25, 0.3) is 5.91 Å². The molecule has 0 fully saturated rings. The van der Waals surface area contributed by atoms with E-state index in [9.17, 15) is 14.0 Å². The van der Waals surface area contributed by atoms with Crippen molar-refractivity contribution in [3.05, 3.63) is 89.2 Å². The van der Waals surface area contributed by atoms with Crippen LogP contribution >= 0.6 is 11.6 Å². The third kappa shape index (κ3) is 5.31. The summed E-state index contributed by atoms with van der Waals surface area (Å²) in [5.74, 6) is -0.986. The number of para-hydroxylation sites is 1. The molecular formula is C21H15ClFNO4. The predicted octanol–water partition coefficient (Wildman–Crippen LogP) is 5.07. The number of nitrogens with one attached hydrogen (secondary N) is 1. The van der Waals surface area contributed by atoms with Gasteiger partial charge in [0.2, 0.25) is 0 Å². The van der Waals surface area contributed by atoms with E-state index in [0.29, 0.717) is 11.5 Å². The fourth-order valence-corrected chi connectivity index (χ4v) is 2.46. The quantitative estimate of drug-likeness (QED) is 0.588. The van der Waals surface area contributed by atoms with Crippen LogP contribution < -0.4 is 10.1 Å². The third-order valence-corrected chi connectivity index (χ3v) is 3.82. The van der Waals surface area contributed by atoms with Gasteiger partial charge in [-0.1, -0.05) is 35.9 Å². The molecule has 0 spiro atoms. The topological polar surface area (TPSA) is 64.6 Å². The maximum atomic E-state index is 13.7. The SMILES string of the molecule is O=C(COC(=O)c1cccc(Oc2ccccc2)c1)Nc1ccc(Cl)cc1F. The summed E-state index contributed by atoms with van der Waals surface area (Å²) < 4.78 is 24.3. The summed E-state index contributed by atoms with van der Waals surface area (Å²) in [7, 11) is 0. The lowest BCUT2D eigenvalue weighted by Crippen LogP contribution is -2.21. The van der Waals surface area contributed by atoms with Gasteiger partial charge in [-0.2, -0.15) is 0 Å². The van der Waals surface area contributed by atoms with Crippen molar-refractivity contribution < 1.29 is 23.5 Å². The molecule has 0 saturated heterocycles. The zero-order valence-corrected chi connectivity index (χ0v) is 15.3. The number of ether oxygens (including phenoxy) is 2. The molecule has 0 unspecified atom stereocenters. The highest BCUT2D eigenvalue weighted by Crippen LogP contribution is 2.22. The van der Waals surface area contributed by atoms with E-state index in [1.165, 1.54) is 24.3 Å². The number of rotatable bonds is 6. The zero-order chi connectivity index (χ0) is 19.9. The van der Waals surface area contributed by atoms with Gasteiger partial charge < -0.3 is 14.8 Å². The lowest BCUT2D eigenvalue weighted by Gasteiger charge is -2.09. The Morgan fingerprint density at radius 1 is 0.929 bits per heavy atom. The van der Waals surface area contributed by atoms with Crippen molar-refractivity contribution in [1.29, 1.82) is 0 Å². The third-order valence-electron chi connectivity index (χ3n) is 3.59. The summed E-state index contributed by atoms with van der Waals surface area (Å²) in [4.78, 5) is 24.0. The summed E-state index contributed by atoms with van der Waals surface area (Å²) in [6, 6.07) is 19.3. The minimum Gasteiger partial charge on any atom is -0.457 e. The molecule has 0 aromatic heterocycles. The van der Waals surface area contributed by atoms with Crippen molar-refractivity contribution in [3.63, 3.8) is 0 Å². The number of esters is 1. The minimum atomic E-state index is -0.703. The molecule has 0 atom stereocenters. The van der Waals surface area contributed by atoms with Gasteiger partial charge >= 0.3 is 5.97 Å². The molecular weight excluding hydrogens is 385 g/mol. The summed E-state index contributed by atoms with van der Waals surface area (Å²) in [5.41, 5.74) is 0.169. The lowest BCUT2D eigenvalue weighted by atomic mass is 10.2. The molecule has 3 aromatic rings. The second kappa shape index (κ2) is 9.01. The fraction of sp³-hybridized carbons (Fsp3) is 0.0476. The highest BCUT2D eigenvalue weighted by molar-refractivity contribution is 6.30. The van der Waals surface area contributed by atoms with E-state index < -0.39 is 24.3 Å². The lowest BCUT2D eigenvalue weighted by molar-refractivity contribution is -0.119. The van der Waals surface area contributed by atoms with Crippen molar-refractivity contribution in [2.75, 3.05) is 11.9 Å². The highest BCUT2D eigenvalue weighted by atomic mass is 35.5. The molecule has 28 heavy (non-hydrogen) atoms. The van der Waals surface area contributed by atoms with Crippen LogP contribution in [0.1, 0.15) is 10.4 Å². The molecule has 0 bridgehead atoms. The molecule has 142 valence electrons. The molecule has 0 saturated carbocycles. The van der Waals surface area contributed by atoms with E-state index in [0.717, 1.165) is 6.07 Å². The van der Waals surface area contributed by atoms with Gasteiger partial charge in [-0.15, -0.1) is 0 Å². The first-order valence-electron chi connectivity index (χ1n) is 8.26. The van der Waals surface area contributed by atoms with Crippen LogP contribution in [0.4, 0.5) is 10.1 Å². The van der Waals surface area contributed by atoms with E-state index >= 15 is 0 Å². The first kappa shape index (κ1) is 19.4. The van der Waals surface area contributed by atoms with Crippen LogP contribution in [0.15, 0.2) is 72.8 Å². The molecule has 1 N–H and O–H groups in total. The minimum absolute atomic E-state index is 0.0521. The monoisotopic (exact) mass is 399 g/mol. The average Bonchev–Trinajstić information content (AvgIpc) is 2.69. The van der Waals surface area contributed by atoms with Crippen LogP contribution in [0.5, 0.6) is 11.5 Å². The van der Waals surface area contributed by atoms with Crippen molar-refractivity contribution in [1.82, 2.24) is 0 Å². The summed E-state index contributed by atoms with van der Waals surface area (Å²) in [6.45, 7) is -0.565. The molecule has 7 heteroatoms. The first-order valence-corrected chi connectivity index (χ1v) is 8.64. The van der Waals surface area contributed by atoms with Gasteiger partial charge in [0.1, 0.15) is 17.3 Å². The number of carbonyl (C=O) groups excluding carboxylic acids is 2. The maximum Gasteiger partial charge on any atom is 0.338 e. The Labute approximate surface area is 165 Å². The number of anilines is 1. The molecule has 1 amide bonds. The zero-order valence-electron chi connectivity index (χ0n) is 14.5. The van der Waals surface area contributed by atoms with E-state index in [-0.39, 0.29) is 16.3 Å². The average molecular weight is 400 g/mol. The molecule has 0 aliphatic rings. The largest absolute Gasteiger partial charge is 0.457 e. The van der Waals surface area contributed by atoms with Crippen LogP contribution in [-0.2, 0) is 9.53 Å². The molecule has 3 rings (SSSR count). The van der Waals surface area contributed by atoms with E-state index in [1.54, 1.807) is 24.3 Å². The van der Waals surface area contributed by atoms with Gasteiger partial charge in [-0.25, -0.2) is 9.18 Å². The van der Waals surface area contributed by atoms with Gasteiger partial charge in [0.15, 0.2) is 6.61 Å². The first-order chi connectivity index (χ1) is 13.5. The van der Waals surface area contributed by atoms with Crippen molar-refractivity contribution in [2.45, 2.75) is 0 Å². The maximum absolute atomic E-state index is 13.7. The number of amides is 1. The molecule has 0 aliphatic heterocycles. The Hall–Kier alpha value is -3.38. The van der Waals surface area contributed by atoms with Crippen LogP contribution in [0.25, 0.3) is 0 Å². The molecule has 0 aliphatic carbocycles. The molecule has 5 nitrogen and oxygen atoms in total. The van der Waals surface area contributed by atoms with Crippen LogP contribution in [0.3, 0.4) is 0 Å². The molecule has 3 aromatic carbocycles. The Morgan fingerprint density at radius 2 is 1.68 bits per heavy atom. The molecule has 0 radical (unpaired) electrons. The standard InChI is InChI=1S/C21H15ClFNO4/c22-15-9-10-19(18(23)12-15)24-20(25)13-27-21(26)14-5-4-8-17(11-14)28-16-6-2-1-3-7-16/h1-12H,13H2,(H,24,25). The Morgan fingerprint density at radius 3 is 2.43 bits per heavy atom. The Kier molecular flexibility index (Phi) is 6.24. The van der Waals surface area contributed by atoms with Crippen molar-refractivity contribution in [3.8, 4) is 11.5 Å². The van der Waals surface area contributed by atoms with Crippen molar-refractivity contribution in [2.24, 2.45) is 0 Å². The number of benzene rings is 3. The second-order valence-electron chi connectivity index (χ2n) is 5.69. The highest BCUT2D eigenvalue weighted by Gasteiger charge is 2.13. The fourth-order valence-electron chi connectivity index (χ4n) is 2.30. The van der Waals surface area contributed by atoms with Crippen molar-refractivity contribution >= 4 is 29.2 Å². The Bertz CT molecular complexity index is 995. The van der Waals surface area contributed by atoms with Gasteiger partial charge in [-0.3, -0.25) is 4.79 Å². The van der Waals surface area contributed by atoms with Gasteiger partial charge in [0, 0.05) is 5.02 Å². The summed E-state index contributed by atoms with van der Waals surface area (Å²) in [6.07, 6.45) is 0. The van der Waals surface area contributed by atoms with E-state index in [2.05, 4.69) is 5.32 Å². The smallest absolute Gasteiger partial charge is 0.338 e. The van der Waals surface area contributed by atoms with Crippen LogP contribution in [-0.4, -0.2) is 18.5 Å². The Balaban J connectivity index is 1.57. The summed E-state index contributed by atoms with van der Waals surface area (Å²) in [5, 5.41) is 2.52. The number of halogens is 2. The van der Waals surface area contributed by atoms with Crippen LogP contribution in [0, 0.1) is 5.82 Å². The normalized spacial score (nSPS) is 10.2. The second-order valence-corrected chi connectivity index (χ2v) is 6.13. The van der Waals surface area contributed by atoms with Gasteiger partial charge in [0.05, 0.1) is 11.3 Å². The van der Waals surface area contributed by atoms with E-state index in [1.807, 2.05) is 18.2 Å². The summed E-state index contributed by atoms with van der Waals surface area (Å²) >= 11 is 5.66. The number of hydrogen-bond donors (Lipinski definition) is 1.